The van der Waals surface area contributed by atoms with E-state index in [1.165, 1.54) is 24.5 Å². The van der Waals surface area contributed by atoms with E-state index in [2.05, 4.69) is 15.5 Å². The third-order valence-corrected chi connectivity index (χ3v) is 4.07. The number of ether oxygens (including phenoxy) is 1. The minimum Gasteiger partial charge on any atom is -0.423 e. The van der Waals surface area contributed by atoms with Crippen LogP contribution in [0.5, 0.6) is 5.75 Å². The van der Waals surface area contributed by atoms with Gasteiger partial charge in [-0.15, -0.1) is 0 Å². The molecule has 8 heteroatoms. The number of aromatic nitrogens is 1. The van der Waals surface area contributed by atoms with Gasteiger partial charge in [-0.3, -0.25) is 9.78 Å². The minimum atomic E-state index is -0.611. The number of nitrogens with one attached hydrogen (secondary N) is 1. The zero-order valence-corrected chi connectivity index (χ0v) is 15.8. The van der Waals surface area contributed by atoms with E-state index in [0.29, 0.717) is 21.9 Å². The molecule has 0 unspecified atom stereocenters. The second kappa shape index (κ2) is 9.12. The molecule has 0 saturated heterocycles. The predicted molar refractivity (Wildman–Crippen MR) is 107 cm³/mol. The van der Waals surface area contributed by atoms with Crippen LogP contribution in [0.25, 0.3) is 0 Å². The lowest BCUT2D eigenvalue weighted by Crippen LogP contribution is -2.17. The molecule has 0 atom stereocenters. The standard InChI is InChI=1S/C20H13Cl2N3O3/c21-15-6-7-17(18(22)10-15)20(27)28-16-5-1-3-13(9-16)11-24-25-19(26)14-4-2-8-23-12-14/h1-12H,(H,25,26)/b24-11+. The number of hydrazone groups is 1. The quantitative estimate of drug-likeness (QED) is 0.291. The molecule has 0 saturated carbocycles. The summed E-state index contributed by atoms with van der Waals surface area (Å²) in [5, 5.41) is 4.52. The van der Waals surface area contributed by atoms with Gasteiger partial charge in [0.2, 0.25) is 0 Å². The predicted octanol–water partition coefficient (Wildman–Crippen LogP) is 4.37. The molecule has 0 aliphatic rings. The lowest BCUT2D eigenvalue weighted by molar-refractivity contribution is 0.0734. The summed E-state index contributed by atoms with van der Waals surface area (Å²) in [5.74, 6) is -0.691. The average Bonchev–Trinajstić information content (AvgIpc) is 2.68. The van der Waals surface area contributed by atoms with Crippen LogP contribution in [0.3, 0.4) is 0 Å². The van der Waals surface area contributed by atoms with Gasteiger partial charge in [-0.2, -0.15) is 5.10 Å². The number of carbonyl (C=O) groups excluding carboxylic acids is 2. The molecular formula is C20H13Cl2N3O3. The Bertz CT molecular complexity index is 1040. The summed E-state index contributed by atoms with van der Waals surface area (Å²) in [7, 11) is 0. The molecule has 140 valence electrons. The first kappa shape index (κ1) is 19.5. The molecular weight excluding hydrogens is 401 g/mol. The van der Waals surface area contributed by atoms with Crippen molar-refractivity contribution in [3.8, 4) is 5.75 Å². The van der Waals surface area contributed by atoms with Crippen molar-refractivity contribution in [1.82, 2.24) is 10.4 Å². The van der Waals surface area contributed by atoms with Crippen LogP contribution in [0.4, 0.5) is 0 Å². The molecule has 6 nitrogen and oxygen atoms in total. The van der Waals surface area contributed by atoms with Crippen molar-refractivity contribution in [2.24, 2.45) is 5.10 Å². The van der Waals surface area contributed by atoms with E-state index in [1.807, 2.05) is 0 Å². The number of amides is 1. The molecule has 2 aromatic carbocycles. The molecule has 0 radical (unpaired) electrons. The Morgan fingerprint density at radius 2 is 1.93 bits per heavy atom. The first-order valence-electron chi connectivity index (χ1n) is 8.03. The second-order valence-corrected chi connectivity index (χ2v) is 6.37. The number of esters is 1. The van der Waals surface area contributed by atoms with Gasteiger partial charge in [-0.05, 0) is 48.0 Å². The molecule has 1 heterocycles. The van der Waals surface area contributed by atoms with Crippen molar-refractivity contribution in [2.75, 3.05) is 0 Å². The zero-order chi connectivity index (χ0) is 19.9. The average molecular weight is 414 g/mol. The Kier molecular flexibility index (Phi) is 6.37. The lowest BCUT2D eigenvalue weighted by atomic mass is 10.2. The maximum Gasteiger partial charge on any atom is 0.345 e. The number of hydrogen-bond acceptors (Lipinski definition) is 5. The molecule has 0 aliphatic heterocycles. The maximum absolute atomic E-state index is 12.3. The van der Waals surface area contributed by atoms with Crippen LogP contribution in [0.1, 0.15) is 26.3 Å². The fourth-order valence-corrected chi connectivity index (χ4v) is 2.69. The minimum absolute atomic E-state index is 0.202. The highest BCUT2D eigenvalue weighted by atomic mass is 35.5. The van der Waals surface area contributed by atoms with Gasteiger partial charge >= 0.3 is 5.97 Å². The Labute approximate surface area is 170 Å². The molecule has 3 rings (SSSR count). The zero-order valence-electron chi connectivity index (χ0n) is 14.3. The molecule has 0 bridgehead atoms. The van der Waals surface area contributed by atoms with Crippen molar-refractivity contribution in [3.05, 3.63) is 93.7 Å². The molecule has 0 spiro atoms. The molecule has 1 aromatic heterocycles. The highest BCUT2D eigenvalue weighted by Crippen LogP contribution is 2.23. The van der Waals surface area contributed by atoms with Gasteiger partial charge in [0.1, 0.15) is 5.75 Å². The molecule has 1 amide bonds. The van der Waals surface area contributed by atoms with Gasteiger partial charge in [-0.25, -0.2) is 10.2 Å². The first-order valence-corrected chi connectivity index (χ1v) is 8.79. The van der Waals surface area contributed by atoms with E-state index < -0.39 is 5.97 Å². The molecule has 0 aliphatic carbocycles. The van der Waals surface area contributed by atoms with E-state index in [1.54, 1.807) is 48.7 Å². The van der Waals surface area contributed by atoms with Crippen LogP contribution >= 0.6 is 23.2 Å². The van der Waals surface area contributed by atoms with Gasteiger partial charge in [-0.1, -0.05) is 35.3 Å². The first-order chi connectivity index (χ1) is 13.5. The summed E-state index contributed by atoms with van der Waals surface area (Å²) in [5.41, 5.74) is 3.62. The highest BCUT2D eigenvalue weighted by molar-refractivity contribution is 6.36. The van der Waals surface area contributed by atoms with Crippen molar-refractivity contribution in [1.29, 1.82) is 0 Å². The molecule has 28 heavy (non-hydrogen) atoms. The third kappa shape index (κ3) is 5.16. The van der Waals surface area contributed by atoms with Gasteiger partial charge in [0.25, 0.3) is 5.91 Å². The molecule has 1 N–H and O–H groups in total. The number of nitrogens with zero attached hydrogens (tertiary/aromatic N) is 2. The Hall–Kier alpha value is -3.22. The Balaban J connectivity index is 1.65. The number of halogens is 2. The summed E-state index contributed by atoms with van der Waals surface area (Å²) in [4.78, 5) is 28.0. The van der Waals surface area contributed by atoms with Gasteiger partial charge in [0.05, 0.1) is 22.4 Å². The van der Waals surface area contributed by atoms with E-state index in [9.17, 15) is 9.59 Å². The Morgan fingerprint density at radius 3 is 2.68 bits per heavy atom. The monoisotopic (exact) mass is 413 g/mol. The van der Waals surface area contributed by atoms with E-state index in [4.69, 9.17) is 27.9 Å². The molecule has 0 fully saturated rings. The van der Waals surface area contributed by atoms with E-state index in [-0.39, 0.29) is 16.5 Å². The van der Waals surface area contributed by atoms with E-state index in [0.717, 1.165) is 0 Å². The largest absolute Gasteiger partial charge is 0.423 e. The summed E-state index contributed by atoms with van der Waals surface area (Å²) < 4.78 is 5.33. The highest BCUT2D eigenvalue weighted by Gasteiger charge is 2.13. The van der Waals surface area contributed by atoms with Crippen LogP contribution in [0, 0.1) is 0 Å². The van der Waals surface area contributed by atoms with Gasteiger partial charge in [0, 0.05) is 17.4 Å². The smallest absolute Gasteiger partial charge is 0.345 e. The van der Waals surface area contributed by atoms with Crippen LogP contribution in [0.2, 0.25) is 10.0 Å². The second-order valence-electron chi connectivity index (χ2n) is 5.53. The topological polar surface area (TPSA) is 80.6 Å². The number of hydrogen-bond donors (Lipinski definition) is 1. The maximum atomic E-state index is 12.3. The number of rotatable bonds is 5. The summed E-state index contributed by atoms with van der Waals surface area (Å²) in [6.07, 6.45) is 4.44. The van der Waals surface area contributed by atoms with E-state index >= 15 is 0 Å². The van der Waals surface area contributed by atoms with Crippen LogP contribution in [-0.4, -0.2) is 23.1 Å². The van der Waals surface area contributed by atoms with Crippen molar-refractivity contribution >= 4 is 41.3 Å². The number of benzene rings is 2. The number of pyridine rings is 1. The normalized spacial score (nSPS) is 10.6. The molecule has 3 aromatic rings. The number of carbonyl (C=O) groups is 2. The third-order valence-electron chi connectivity index (χ3n) is 3.52. The summed E-state index contributed by atoms with van der Waals surface area (Å²) >= 11 is 11.8. The van der Waals surface area contributed by atoms with Gasteiger partial charge in [0.15, 0.2) is 0 Å². The van der Waals surface area contributed by atoms with Crippen molar-refractivity contribution in [3.63, 3.8) is 0 Å². The van der Waals surface area contributed by atoms with Crippen LogP contribution < -0.4 is 10.2 Å². The fourth-order valence-electron chi connectivity index (χ4n) is 2.20. The Morgan fingerprint density at radius 1 is 1.07 bits per heavy atom. The van der Waals surface area contributed by atoms with Crippen LogP contribution in [-0.2, 0) is 0 Å². The van der Waals surface area contributed by atoms with Crippen molar-refractivity contribution in [2.45, 2.75) is 0 Å². The van der Waals surface area contributed by atoms with Gasteiger partial charge < -0.3 is 4.74 Å². The lowest BCUT2D eigenvalue weighted by Gasteiger charge is -2.06. The van der Waals surface area contributed by atoms with Crippen molar-refractivity contribution < 1.29 is 14.3 Å². The summed E-state index contributed by atoms with van der Waals surface area (Å²) in [6.45, 7) is 0. The summed E-state index contributed by atoms with van der Waals surface area (Å²) in [6, 6.07) is 14.4. The van der Waals surface area contributed by atoms with Crippen LogP contribution in [0.15, 0.2) is 72.1 Å². The SMILES string of the molecule is O=C(N/N=C/c1cccc(OC(=O)c2ccc(Cl)cc2Cl)c1)c1cccnc1. The fraction of sp³-hybridized carbons (Fsp3) is 0.